The maximum atomic E-state index is 5.96. The Bertz CT molecular complexity index is 494. The molecule has 6 heteroatoms. The first-order valence-electron chi connectivity index (χ1n) is 8.26. The van der Waals surface area contributed by atoms with Gasteiger partial charge in [-0.3, -0.25) is 4.90 Å². The maximum Gasteiger partial charge on any atom is 0.225 e. The van der Waals surface area contributed by atoms with Crippen LogP contribution in [0.15, 0.2) is 18.5 Å². The van der Waals surface area contributed by atoms with Crippen LogP contribution < -0.4 is 4.90 Å². The standard InChI is InChI=1S/C16H24N4O2/c1-4-17-15(18-5-1)20-6-3-16(12-20)11-19(7-9-22-13-16)14-2-8-21-10-14/h1,4-5,14H,2-3,6-13H2. The van der Waals surface area contributed by atoms with Gasteiger partial charge in [-0.05, 0) is 18.9 Å². The van der Waals surface area contributed by atoms with Crippen LogP contribution in [-0.2, 0) is 9.47 Å². The molecule has 1 spiro atoms. The van der Waals surface area contributed by atoms with E-state index in [0.29, 0.717) is 6.04 Å². The van der Waals surface area contributed by atoms with Crippen molar-refractivity contribution in [3.05, 3.63) is 18.5 Å². The lowest BCUT2D eigenvalue weighted by Gasteiger charge is -2.34. The van der Waals surface area contributed by atoms with Gasteiger partial charge in [-0.1, -0.05) is 0 Å². The molecule has 0 aliphatic carbocycles. The van der Waals surface area contributed by atoms with Crippen molar-refractivity contribution in [3.63, 3.8) is 0 Å². The number of ether oxygens (including phenoxy) is 2. The molecule has 120 valence electrons. The first-order chi connectivity index (χ1) is 10.8. The molecule has 3 saturated heterocycles. The van der Waals surface area contributed by atoms with Crippen LogP contribution in [0, 0.1) is 5.41 Å². The van der Waals surface area contributed by atoms with Gasteiger partial charge in [0.15, 0.2) is 0 Å². The van der Waals surface area contributed by atoms with E-state index >= 15 is 0 Å². The van der Waals surface area contributed by atoms with Crippen molar-refractivity contribution in [2.75, 3.05) is 57.5 Å². The molecule has 4 rings (SSSR count). The van der Waals surface area contributed by atoms with E-state index in [9.17, 15) is 0 Å². The average Bonchev–Trinajstić information content (AvgIpc) is 3.17. The summed E-state index contributed by atoms with van der Waals surface area (Å²) >= 11 is 0. The fourth-order valence-electron chi connectivity index (χ4n) is 3.95. The number of anilines is 1. The summed E-state index contributed by atoms with van der Waals surface area (Å²) in [6.07, 6.45) is 5.94. The summed E-state index contributed by atoms with van der Waals surface area (Å²) in [5, 5.41) is 0. The highest BCUT2D eigenvalue weighted by molar-refractivity contribution is 5.32. The van der Waals surface area contributed by atoms with Crippen LogP contribution in [-0.4, -0.2) is 73.5 Å². The van der Waals surface area contributed by atoms with Gasteiger partial charge in [-0.15, -0.1) is 0 Å². The van der Waals surface area contributed by atoms with Gasteiger partial charge >= 0.3 is 0 Å². The van der Waals surface area contributed by atoms with Crippen molar-refractivity contribution in [2.45, 2.75) is 18.9 Å². The minimum Gasteiger partial charge on any atom is -0.380 e. The van der Waals surface area contributed by atoms with Crippen LogP contribution in [0.1, 0.15) is 12.8 Å². The lowest BCUT2D eigenvalue weighted by molar-refractivity contribution is 0.0781. The summed E-state index contributed by atoms with van der Waals surface area (Å²) in [5.41, 5.74) is 0.207. The molecule has 1 aromatic rings. The second-order valence-electron chi connectivity index (χ2n) is 6.76. The lowest BCUT2D eigenvalue weighted by atomic mass is 9.87. The third-order valence-corrected chi connectivity index (χ3v) is 5.16. The number of nitrogens with zero attached hydrogens (tertiary/aromatic N) is 4. The average molecular weight is 304 g/mol. The Labute approximate surface area is 131 Å². The smallest absolute Gasteiger partial charge is 0.225 e. The Balaban J connectivity index is 1.48. The van der Waals surface area contributed by atoms with E-state index in [1.54, 1.807) is 0 Å². The van der Waals surface area contributed by atoms with Crippen LogP contribution >= 0.6 is 0 Å². The number of hydrogen-bond donors (Lipinski definition) is 0. The summed E-state index contributed by atoms with van der Waals surface area (Å²) in [6.45, 7) is 7.59. The molecule has 0 bridgehead atoms. The molecule has 0 saturated carbocycles. The first kappa shape index (κ1) is 14.4. The number of aromatic nitrogens is 2. The molecule has 0 radical (unpaired) electrons. The molecular weight excluding hydrogens is 280 g/mol. The quantitative estimate of drug-likeness (QED) is 0.805. The molecule has 0 amide bonds. The van der Waals surface area contributed by atoms with Crippen LogP contribution in [0.3, 0.4) is 0 Å². The highest BCUT2D eigenvalue weighted by Gasteiger charge is 2.43. The summed E-state index contributed by atoms with van der Waals surface area (Å²) < 4.78 is 11.5. The van der Waals surface area contributed by atoms with Gasteiger partial charge in [0.1, 0.15) is 0 Å². The maximum absolute atomic E-state index is 5.96. The molecule has 0 aromatic carbocycles. The van der Waals surface area contributed by atoms with Crippen LogP contribution in [0.5, 0.6) is 0 Å². The molecule has 0 N–H and O–H groups in total. The zero-order valence-corrected chi connectivity index (χ0v) is 13.0. The van der Waals surface area contributed by atoms with Gasteiger partial charge < -0.3 is 14.4 Å². The molecule has 2 atom stereocenters. The lowest BCUT2D eigenvalue weighted by Crippen LogP contribution is -2.45. The third-order valence-electron chi connectivity index (χ3n) is 5.16. The van der Waals surface area contributed by atoms with Gasteiger partial charge in [0.2, 0.25) is 5.95 Å². The van der Waals surface area contributed by atoms with E-state index in [4.69, 9.17) is 9.47 Å². The first-order valence-corrected chi connectivity index (χ1v) is 8.26. The predicted octanol–water partition coefficient (Wildman–Crippen LogP) is 0.794. The van der Waals surface area contributed by atoms with Gasteiger partial charge in [0.25, 0.3) is 0 Å². The minimum atomic E-state index is 0.207. The summed E-state index contributed by atoms with van der Waals surface area (Å²) in [5.74, 6) is 0.847. The Morgan fingerprint density at radius 1 is 1.09 bits per heavy atom. The summed E-state index contributed by atoms with van der Waals surface area (Å²) in [4.78, 5) is 13.7. The van der Waals surface area contributed by atoms with Crippen molar-refractivity contribution in [1.82, 2.24) is 14.9 Å². The molecule has 3 fully saturated rings. The van der Waals surface area contributed by atoms with Crippen molar-refractivity contribution < 1.29 is 9.47 Å². The Kier molecular flexibility index (Phi) is 3.98. The summed E-state index contributed by atoms with van der Waals surface area (Å²) in [7, 11) is 0. The van der Waals surface area contributed by atoms with E-state index in [1.807, 2.05) is 18.5 Å². The Morgan fingerprint density at radius 2 is 2.00 bits per heavy atom. The molecule has 22 heavy (non-hydrogen) atoms. The molecule has 2 unspecified atom stereocenters. The van der Waals surface area contributed by atoms with Crippen molar-refractivity contribution >= 4 is 5.95 Å². The molecule has 3 aliphatic rings. The normalized spacial score (nSPS) is 33.5. The molecule has 3 aliphatic heterocycles. The molecule has 1 aromatic heterocycles. The fraction of sp³-hybridized carbons (Fsp3) is 0.750. The minimum absolute atomic E-state index is 0.207. The van der Waals surface area contributed by atoms with Crippen LogP contribution in [0.25, 0.3) is 0 Å². The van der Waals surface area contributed by atoms with Gasteiger partial charge in [-0.25, -0.2) is 9.97 Å². The molecule has 6 nitrogen and oxygen atoms in total. The van der Waals surface area contributed by atoms with Gasteiger partial charge in [0.05, 0.1) is 19.8 Å². The molecular formula is C16H24N4O2. The van der Waals surface area contributed by atoms with E-state index in [-0.39, 0.29) is 5.41 Å². The van der Waals surface area contributed by atoms with Crippen molar-refractivity contribution in [3.8, 4) is 0 Å². The number of hydrogen-bond acceptors (Lipinski definition) is 6. The highest BCUT2D eigenvalue weighted by Crippen LogP contribution is 2.35. The zero-order valence-electron chi connectivity index (χ0n) is 13.0. The SMILES string of the molecule is c1cnc(N2CCC3(COCCN(C4CCOC4)C3)C2)nc1. The van der Waals surface area contributed by atoms with Crippen LogP contribution in [0.4, 0.5) is 5.95 Å². The second-order valence-corrected chi connectivity index (χ2v) is 6.76. The van der Waals surface area contributed by atoms with E-state index < -0.39 is 0 Å². The highest BCUT2D eigenvalue weighted by atomic mass is 16.5. The van der Waals surface area contributed by atoms with E-state index in [2.05, 4.69) is 19.8 Å². The predicted molar refractivity (Wildman–Crippen MR) is 82.9 cm³/mol. The largest absolute Gasteiger partial charge is 0.380 e. The Hall–Kier alpha value is -1.24. The molecule has 4 heterocycles. The second kappa shape index (κ2) is 6.10. The topological polar surface area (TPSA) is 50.7 Å². The monoisotopic (exact) mass is 304 g/mol. The third kappa shape index (κ3) is 2.83. The van der Waals surface area contributed by atoms with Gasteiger partial charge in [0, 0.05) is 56.6 Å². The van der Waals surface area contributed by atoms with Crippen molar-refractivity contribution in [2.24, 2.45) is 5.41 Å². The van der Waals surface area contributed by atoms with Crippen molar-refractivity contribution in [1.29, 1.82) is 0 Å². The Morgan fingerprint density at radius 3 is 2.82 bits per heavy atom. The number of rotatable bonds is 2. The van der Waals surface area contributed by atoms with E-state index in [0.717, 1.165) is 71.4 Å². The zero-order chi connectivity index (χ0) is 14.8. The van der Waals surface area contributed by atoms with E-state index in [1.165, 1.54) is 0 Å². The van der Waals surface area contributed by atoms with Crippen LogP contribution in [0.2, 0.25) is 0 Å². The fourth-order valence-corrected chi connectivity index (χ4v) is 3.95. The van der Waals surface area contributed by atoms with Gasteiger partial charge in [-0.2, -0.15) is 0 Å². The summed E-state index contributed by atoms with van der Waals surface area (Å²) in [6, 6.07) is 2.44.